The molecule has 2 heterocycles. The van der Waals surface area contributed by atoms with Gasteiger partial charge >= 0.3 is 11.9 Å². The average Bonchev–Trinajstić information content (AvgIpc) is 2.95. The standard InChI is InChI=1S/C21H26N2OS.C4H4O4/c1-16-6-7-20-17(14-16)15-19(18-4-2-3-5-21(18)25-20)23-10-8-22(9-11-23)12-13-24;5-3(6)1-2-4(7)8/h2-7,14,19,24H,8-13,15H2,1H3;1-2H,(H,5,6)(H,7,8)/b;2-1-. The van der Waals surface area contributed by atoms with Crippen molar-refractivity contribution in [1.82, 2.24) is 9.80 Å². The highest BCUT2D eigenvalue weighted by Gasteiger charge is 2.29. The van der Waals surface area contributed by atoms with Crippen molar-refractivity contribution in [2.45, 2.75) is 29.2 Å². The average molecular weight is 471 g/mol. The molecule has 2 aromatic carbocycles. The smallest absolute Gasteiger partial charge is 0.328 e. The zero-order valence-electron chi connectivity index (χ0n) is 18.7. The third-order valence-corrected chi connectivity index (χ3v) is 6.97. The third kappa shape index (κ3) is 7.17. The molecule has 0 radical (unpaired) electrons. The number of benzene rings is 2. The Balaban J connectivity index is 0.000000331. The Labute approximate surface area is 198 Å². The van der Waals surface area contributed by atoms with Crippen LogP contribution in [0.5, 0.6) is 0 Å². The van der Waals surface area contributed by atoms with Gasteiger partial charge < -0.3 is 15.3 Å². The Morgan fingerprint density at radius 1 is 1.00 bits per heavy atom. The molecule has 0 saturated carbocycles. The van der Waals surface area contributed by atoms with Crippen molar-refractivity contribution in [2.75, 3.05) is 39.3 Å². The summed E-state index contributed by atoms with van der Waals surface area (Å²) >= 11 is 1.92. The second-order valence-corrected chi connectivity index (χ2v) is 9.17. The Morgan fingerprint density at radius 3 is 2.30 bits per heavy atom. The summed E-state index contributed by atoms with van der Waals surface area (Å²) in [7, 11) is 0. The number of aryl methyl sites for hydroxylation is 1. The molecule has 0 aliphatic carbocycles. The van der Waals surface area contributed by atoms with Gasteiger partial charge in [0.25, 0.3) is 0 Å². The number of aliphatic hydroxyl groups is 1. The van der Waals surface area contributed by atoms with E-state index in [0.29, 0.717) is 18.2 Å². The maximum absolute atomic E-state index is 9.55. The Morgan fingerprint density at radius 2 is 1.67 bits per heavy atom. The van der Waals surface area contributed by atoms with Gasteiger partial charge in [0.2, 0.25) is 0 Å². The molecule has 0 bridgehead atoms. The fourth-order valence-corrected chi connectivity index (χ4v) is 5.28. The first-order valence-electron chi connectivity index (χ1n) is 10.9. The van der Waals surface area contributed by atoms with Gasteiger partial charge in [-0.05, 0) is 36.6 Å². The Hall–Kier alpha value is -2.65. The molecule has 3 N–H and O–H groups in total. The van der Waals surface area contributed by atoms with Crippen molar-refractivity contribution in [2.24, 2.45) is 0 Å². The summed E-state index contributed by atoms with van der Waals surface area (Å²) in [5.41, 5.74) is 4.29. The minimum absolute atomic E-state index is 0.259. The van der Waals surface area contributed by atoms with Crippen LogP contribution in [0.1, 0.15) is 22.7 Å². The van der Waals surface area contributed by atoms with Gasteiger partial charge in [-0.25, -0.2) is 9.59 Å². The van der Waals surface area contributed by atoms with Crippen molar-refractivity contribution in [3.63, 3.8) is 0 Å². The van der Waals surface area contributed by atoms with Crippen LogP contribution < -0.4 is 0 Å². The molecule has 2 aliphatic heterocycles. The summed E-state index contributed by atoms with van der Waals surface area (Å²) in [6.45, 7) is 7.49. The number of β-amino-alcohol motifs (C(OH)–C–C–N with tert-alkyl or cyclic N) is 1. The highest BCUT2D eigenvalue weighted by Crippen LogP contribution is 2.43. The predicted octanol–water partition coefficient (Wildman–Crippen LogP) is 3.07. The Bertz CT molecular complexity index is 986. The number of rotatable bonds is 5. The van der Waals surface area contributed by atoms with Crippen LogP contribution in [0.4, 0.5) is 0 Å². The van der Waals surface area contributed by atoms with Crippen LogP contribution in [0.25, 0.3) is 0 Å². The molecule has 0 spiro atoms. The summed E-state index contributed by atoms with van der Waals surface area (Å²) < 4.78 is 0. The van der Waals surface area contributed by atoms with E-state index in [9.17, 15) is 14.7 Å². The molecule has 8 heteroatoms. The number of carboxylic acid groups (broad SMARTS) is 2. The number of carboxylic acids is 2. The van der Waals surface area contributed by atoms with Crippen LogP contribution >= 0.6 is 11.8 Å². The first-order chi connectivity index (χ1) is 15.9. The number of piperazine rings is 1. The van der Waals surface area contributed by atoms with Gasteiger partial charge in [0.1, 0.15) is 0 Å². The molecule has 0 amide bonds. The van der Waals surface area contributed by atoms with E-state index in [4.69, 9.17) is 10.2 Å². The second-order valence-electron chi connectivity index (χ2n) is 8.08. The lowest BCUT2D eigenvalue weighted by atomic mass is 9.96. The van der Waals surface area contributed by atoms with E-state index in [1.165, 1.54) is 26.5 Å². The van der Waals surface area contributed by atoms with Crippen molar-refractivity contribution in [3.8, 4) is 0 Å². The predicted molar refractivity (Wildman–Crippen MR) is 128 cm³/mol. The zero-order valence-corrected chi connectivity index (χ0v) is 19.5. The molecular formula is C25H30N2O5S. The molecule has 1 saturated heterocycles. The van der Waals surface area contributed by atoms with Gasteiger partial charge in [0.15, 0.2) is 0 Å². The lowest BCUT2D eigenvalue weighted by Gasteiger charge is -2.39. The largest absolute Gasteiger partial charge is 0.478 e. The number of nitrogens with zero attached hydrogens (tertiary/aromatic N) is 2. The van der Waals surface area contributed by atoms with Gasteiger partial charge in [-0.3, -0.25) is 9.80 Å². The van der Waals surface area contributed by atoms with Gasteiger partial charge in [-0.15, -0.1) is 0 Å². The fraction of sp³-hybridized carbons (Fsp3) is 0.360. The maximum atomic E-state index is 9.55. The first-order valence-corrected chi connectivity index (χ1v) is 11.8. The van der Waals surface area contributed by atoms with E-state index in [1.807, 2.05) is 11.8 Å². The molecule has 4 rings (SSSR count). The van der Waals surface area contributed by atoms with E-state index >= 15 is 0 Å². The van der Waals surface area contributed by atoms with Crippen molar-refractivity contribution < 1.29 is 24.9 Å². The summed E-state index contributed by atoms with van der Waals surface area (Å²) in [6, 6.07) is 16.2. The lowest BCUT2D eigenvalue weighted by Crippen LogP contribution is -2.48. The van der Waals surface area contributed by atoms with Gasteiger partial charge in [0.05, 0.1) is 6.61 Å². The summed E-state index contributed by atoms with van der Waals surface area (Å²) in [4.78, 5) is 26.9. The van der Waals surface area contributed by atoms with E-state index in [2.05, 4.69) is 59.2 Å². The zero-order chi connectivity index (χ0) is 23.8. The quantitative estimate of drug-likeness (QED) is 0.573. The van der Waals surface area contributed by atoms with Crippen molar-refractivity contribution in [1.29, 1.82) is 0 Å². The number of hydrogen-bond donors (Lipinski definition) is 3. The Kier molecular flexibility index (Phi) is 9.08. The molecule has 7 nitrogen and oxygen atoms in total. The van der Waals surface area contributed by atoms with E-state index in [-0.39, 0.29) is 6.61 Å². The molecule has 1 fully saturated rings. The van der Waals surface area contributed by atoms with Gasteiger partial charge in [-0.1, -0.05) is 47.7 Å². The molecule has 0 aromatic heterocycles. The monoisotopic (exact) mass is 470 g/mol. The van der Waals surface area contributed by atoms with Crippen LogP contribution in [-0.2, 0) is 16.0 Å². The normalized spacial score (nSPS) is 18.5. The summed E-state index contributed by atoms with van der Waals surface area (Å²) in [5, 5.41) is 24.8. The number of hydrogen-bond acceptors (Lipinski definition) is 6. The van der Waals surface area contributed by atoms with Crippen molar-refractivity contribution >= 4 is 23.7 Å². The van der Waals surface area contributed by atoms with Crippen LogP contribution in [-0.4, -0.2) is 76.4 Å². The molecule has 1 atom stereocenters. The topological polar surface area (TPSA) is 101 Å². The first kappa shape index (κ1) is 25.0. The third-order valence-electron chi connectivity index (χ3n) is 5.76. The van der Waals surface area contributed by atoms with Gasteiger partial charge in [0, 0.05) is 60.7 Å². The van der Waals surface area contributed by atoms with Crippen molar-refractivity contribution in [3.05, 3.63) is 71.3 Å². The number of fused-ring (bicyclic) bond motifs is 2. The van der Waals surface area contributed by atoms with E-state index < -0.39 is 11.9 Å². The minimum Gasteiger partial charge on any atom is -0.478 e. The molecule has 33 heavy (non-hydrogen) atoms. The molecular weight excluding hydrogens is 440 g/mol. The van der Waals surface area contributed by atoms with E-state index in [1.54, 1.807) is 0 Å². The van der Waals surface area contributed by atoms with Gasteiger partial charge in [-0.2, -0.15) is 0 Å². The highest BCUT2D eigenvalue weighted by molar-refractivity contribution is 7.99. The van der Waals surface area contributed by atoms with Crippen LogP contribution in [0.3, 0.4) is 0 Å². The molecule has 2 aliphatic rings. The van der Waals surface area contributed by atoms with Crippen LogP contribution in [0.15, 0.2) is 64.4 Å². The van der Waals surface area contributed by atoms with Crippen LogP contribution in [0, 0.1) is 6.92 Å². The number of aliphatic hydroxyl groups excluding tert-OH is 1. The van der Waals surface area contributed by atoms with E-state index in [0.717, 1.165) is 39.1 Å². The minimum atomic E-state index is -1.26. The number of aliphatic carboxylic acids is 2. The summed E-state index contributed by atoms with van der Waals surface area (Å²) in [5.74, 6) is -2.51. The highest BCUT2D eigenvalue weighted by atomic mass is 32.2. The molecule has 2 aromatic rings. The summed E-state index contributed by atoms with van der Waals surface area (Å²) in [6.07, 6.45) is 2.20. The fourth-order valence-electron chi connectivity index (χ4n) is 4.16. The molecule has 1 unspecified atom stereocenters. The SMILES string of the molecule is Cc1ccc2c(c1)CC(N1CCN(CCO)CC1)c1ccccc1S2.O=C(O)/C=C\C(=O)O. The second kappa shape index (κ2) is 12.0. The van der Waals surface area contributed by atoms with Crippen LogP contribution in [0.2, 0.25) is 0 Å². The lowest BCUT2D eigenvalue weighted by molar-refractivity contribution is -0.134. The maximum Gasteiger partial charge on any atom is 0.328 e. The molecule has 176 valence electrons. The number of carbonyl (C=O) groups is 2.